The summed E-state index contributed by atoms with van der Waals surface area (Å²) >= 11 is 0. The smallest absolute Gasteiger partial charge is 0.217 e. The van der Waals surface area contributed by atoms with Crippen molar-refractivity contribution in [3.8, 4) is 0 Å². The van der Waals surface area contributed by atoms with Crippen molar-refractivity contribution < 1.29 is 18.3 Å². The Morgan fingerprint density at radius 2 is 1.94 bits per heavy atom. The molecule has 2 atom stereocenters. The molecule has 0 amide bonds. The second-order valence-electron chi connectivity index (χ2n) is 5.00. The molecular weight excluding hydrogens is 242 g/mol. The van der Waals surface area contributed by atoms with Crippen molar-refractivity contribution in [3.05, 3.63) is 0 Å². The van der Waals surface area contributed by atoms with E-state index in [1.165, 1.54) is 0 Å². The van der Waals surface area contributed by atoms with E-state index in [0.717, 1.165) is 6.42 Å². The maximum Gasteiger partial charge on any atom is 0.217 e. The van der Waals surface area contributed by atoms with Crippen LogP contribution in [-0.4, -0.2) is 55.5 Å². The molecule has 0 bridgehead atoms. The maximum absolute atomic E-state index is 12.3. The zero-order valence-electron chi connectivity index (χ0n) is 10.2. The molecule has 0 aromatic rings. The van der Waals surface area contributed by atoms with Crippen molar-refractivity contribution in [2.24, 2.45) is 5.92 Å². The van der Waals surface area contributed by atoms with Crippen LogP contribution in [0.15, 0.2) is 0 Å². The van der Waals surface area contributed by atoms with E-state index in [-0.39, 0.29) is 11.2 Å². The SMILES string of the molecule is CC(O)C1CCN(S(=O)(=O)C2CCOCC2)C1. The van der Waals surface area contributed by atoms with E-state index in [1.807, 2.05) is 0 Å². The normalized spacial score (nSPS) is 30.6. The van der Waals surface area contributed by atoms with Gasteiger partial charge in [0.2, 0.25) is 10.0 Å². The molecule has 5 nitrogen and oxygen atoms in total. The summed E-state index contributed by atoms with van der Waals surface area (Å²) in [4.78, 5) is 0. The van der Waals surface area contributed by atoms with E-state index in [2.05, 4.69) is 0 Å². The number of ether oxygens (including phenoxy) is 1. The van der Waals surface area contributed by atoms with Crippen molar-refractivity contribution in [1.29, 1.82) is 0 Å². The average Bonchev–Trinajstić information content (AvgIpc) is 2.80. The molecule has 0 saturated carbocycles. The fourth-order valence-corrected chi connectivity index (χ4v) is 4.53. The third-order valence-corrected chi connectivity index (χ3v) is 6.18. The minimum absolute atomic E-state index is 0.0876. The minimum Gasteiger partial charge on any atom is -0.393 e. The molecule has 1 N–H and O–H groups in total. The van der Waals surface area contributed by atoms with Gasteiger partial charge >= 0.3 is 0 Å². The molecule has 0 spiro atoms. The van der Waals surface area contributed by atoms with Crippen molar-refractivity contribution in [3.63, 3.8) is 0 Å². The van der Waals surface area contributed by atoms with E-state index >= 15 is 0 Å². The predicted molar refractivity (Wildman–Crippen MR) is 64.1 cm³/mol. The van der Waals surface area contributed by atoms with Gasteiger partial charge in [-0.1, -0.05) is 0 Å². The van der Waals surface area contributed by atoms with Gasteiger partial charge < -0.3 is 9.84 Å². The highest BCUT2D eigenvalue weighted by Gasteiger charge is 2.38. The van der Waals surface area contributed by atoms with Crippen LogP contribution in [0.3, 0.4) is 0 Å². The highest BCUT2D eigenvalue weighted by Crippen LogP contribution is 2.27. The number of hydrogen-bond donors (Lipinski definition) is 1. The topological polar surface area (TPSA) is 66.8 Å². The van der Waals surface area contributed by atoms with Gasteiger partial charge in [0.1, 0.15) is 0 Å². The standard InChI is InChI=1S/C11H21NO4S/c1-9(13)10-2-5-12(8-10)17(14,15)11-3-6-16-7-4-11/h9-11,13H,2-8H2,1H3. The monoisotopic (exact) mass is 263 g/mol. The molecule has 2 fully saturated rings. The van der Waals surface area contributed by atoms with E-state index in [1.54, 1.807) is 11.2 Å². The number of aliphatic hydroxyl groups is 1. The van der Waals surface area contributed by atoms with Gasteiger partial charge in [0.05, 0.1) is 11.4 Å². The van der Waals surface area contributed by atoms with E-state index < -0.39 is 16.1 Å². The fraction of sp³-hybridized carbons (Fsp3) is 1.00. The number of rotatable bonds is 3. The van der Waals surface area contributed by atoms with Crippen LogP contribution >= 0.6 is 0 Å². The molecule has 2 unspecified atom stereocenters. The molecule has 2 aliphatic rings. The first-order chi connectivity index (χ1) is 8.01. The summed E-state index contributed by atoms with van der Waals surface area (Å²) in [5.41, 5.74) is 0. The van der Waals surface area contributed by atoms with Crippen LogP contribution < -0.4 is 0 Å². The predicted octanol–water partition coefficient (Wildman–Crippen LogP) is 0.198. The third kappa shape index (κ3) is 2.81. The Morgan fingerprint density at radius 1 is 1.29 bits per heavy atom. The Labute approximate surface area is 103 Å². The maximum atomic E-state index is 12.3. The lowest BCUT2D eigenvalue weighted by Crippen LogP contribution is -2.40. The molecule has 2 saturated heterocycles. The van der Waals surface area contributed by atoms with Gasteiger partial charge in [-0.05, 0) is 32.1 Å². The van der Waals surface area contributed by atoms with Crippen molar-refractivity contribution >= 4 is 10.0 Å². The fourth-order valence-electron chi connectivity index (χ4n) is 2.56. The molecule has 0 aromatic heterocycles. The summed E-state index contributed by atoms with van der Waals surface area (Å²) in [6, 6.07) is 0. The first-order valence-corrected chi connectivity index (χ1v) is 7.77. The van der Waals surface area contributed by atoms with Gasteiger partial charge in [0.15, 0.2) is 0 Å². The van der Waals surface area contributed by atoms with E-state index in [0.29, 0.717) is 39.1 Å². The van der Waals surface area contributed by atoms with Gasteiger partial charge in [0, 0.05) is 26.3 Å². The van der Waals surface area contributed by atoms with Gasteiger partial charge in [0.25, 0.3) is 0 Å². The Morgan fingerprint density at radius 3 is 2.47 bits per heavy atom. The highest BCUT2D eigenvalue weighted by atomic mass is 32.2. The molecule has 2 heterocycles. The van der Waals surface area contributed by atoms with Crippen molar-refractivity contribution in [1.82, 2.24) is 4.31 Å². The average molecular weight is 263 g/mol. The van der Waals surface area contributed by atoms with Gasteiger partial charge in [-0.25, -0.2) is 12.7 Å². The van der Waals surface area contributed by atoms with Gasteiger partial charge in [-0.2, -0.15) is 0 Å². The second kappa shape index (κ2) is 5.22. The Kier molecular flexibility index (Phi) is 4.07. The second-order valence-corrected chi connectivity index (χ2v) is 7.22. The summed E-state index contributed by atoms with van der Waals surface area (Å²) in [5.74, 6) is 0.0876. The summed E-state index contributed by atoms with van der Waals surface area (Å²) < 4.78 is 31.4. The summed E-state index contributed by atoms with van der Waals surface area (Å²) in [6.45, 7) is 3.83. The Balaban J connectivity index is 2.01. The highest BCUT2D eigenvalue weighted by molar-refractivity contribution is 7.89. The van der Waals surface area contributed by atoms with E-state index in [9.17, 15) is 13.5 Å². The molecule has 0 radical (unpaired) electrons. The molecular formula is C11H21NO4S. The Hall–Kier alpha value is -0.170. The number of aliphatic hydroxyl groups excluding tert-OH is 1. The summed E-state index contributed by atoms with van der Waals surface area (Å²) in [6.07, 6.45) is 1.53. The van der Waals surface area contributed by atoms with Crippen LogP contribution in [-0.2, 0) is 14.8 Å². The first kappa shape index (κ1) is 13.3. The van der Waals surface area contributed by atoms with Crippen LogP contribution in [0.5, 0.6) is 0 Å². The van der Waals surface area contributed by atoms with Crippen LogP contribution in [0.2, 0.25) is 0 Å². The molecule has 0 aliphatic carbocycles. The van der Waals surface area contributed by atoms with Crippen molar-refractivity contribution in [2.75, 3.05) is 26.3 Å². The lowest BCUT2D eigenvalue weighted by molar-refractivity contribution is 0.0971. The molecule has 2 aliphatic heterocycles. The molecule has 0 aromatic carbocycles. The minimum atomic E-state index is -3.19. The Bertz CT molecular complexity index is 348. The summed E-state index contributed by atoms with van der Waals surface area (Å²) in [5, 5.41) is 9.22. The van der Waals surface area contributed by atoms with Gasteiger partial charge in [-0.3, -0.25) is 0 Å². The molecule has 100 valence electrons. The zero-order chi connectivity index (χ0) is 12.5. The number of sulfonamides is 1. The van der Waals surface area contributed by atoms with Crippen LogP contribution in [0.4, 0.5) is 0 Å². The number of nitrogens with zero attached hydrogens (tertiary/aromatic N) is 1. The largest absolute Gasteiger partial charge is 0.393 e. The molecule has 17 heavy (non-hydrogen) atoms. The quantitative estimate of drug-likeness (QED) is 0.790. The van der Waals surface area contributed by atoms with Crippen LogP contribution in [0.25, 0.3) is 0 Å². The van der Waals surface area contributed by atoms with E-state index in [4.69, 9.17) is 4.74 Å². The van der Waals surface area contributed by atoms with Crippen LogP contribution in [0, 0.1) is 5.92 Å². The third-order valence-electron chi connectivity index (χ3n) is 3.82. The zero-order valence-corrected chi connectivity index (χ0v) is 11.0. The number of hydrogen-bond acceptors (Lipinski definition) is 4. The van der Waals surface area contributed by atoms with Gasteiger partial charge in [-0.15, -0.1) is 0 Å². The van der Waals surface area contributed by atoms with Crippen molar-refractivity contribution in [2.45, 2.75) is 37.5 Å². The van der Waals surface area contributed by atoms with Crippen LogP contribution in [0.1, 0.15) is 26.2 Å². The molecule has 2 rings (SSSR count). The lowest BCUT2D eigenvalue weighted by atomic mass is 10.0. The molecule has 6 heteroatoms. The summed E-state index contributed by atoms with van der Waals surface area (Å²) in [7, 11) is -3.19. The first-order valence-electron chi connectivity index (χ1n) is 6.26. The lowest BCUT2D eigenvalue weighted by Gasteiger charge is -2.27.